The van der Waals surface area contributed by atoms with Crippen molar-refractivity contribution in [2.24, 2.45) is 0 Å². The topological polar surface area (TPSA) is 61.6 Å². The average Bonchev–Trinajstić information content (AvgIpc) is 2.35. The Bertz CT molecular complexity index is 436. The lowest BCUT2D eigenvalue weighted by molar-refractivity contribution is -0.445. The minimum Gasteiger partial charge on any atom is -0.368 e. The maximum Gasteiger partial charge on any atom is 0.162 e. The Morgan fingerprint density at radius 3 is 2.21 bits per heavy atom. The van der Waals surface area contributed by atoms with Crippen LogP contribution in [0.5, 0.6) is 0 Å². The molecule has 19 heavy (non-hydrogen) atoms. The molecule has 1 aliphatic rings. The molecule has 2 atom stereocenters. The maximum atomic E-state index is 10.4. The second-order valence-corrected chi connectivity index (χ2v) is 5.18. The van der Waals surface area contributed by atoms with Gasteiger partial charge < -0.3 is 4.90 Å². The summed E-state index contributed by atoms with van der Waals surface area (Å²) >= 11 is 0. The van der Waals surface area contributed by atoms with Crippen LogP contribution in [0.2, 0.25) is 0 Å². The van der Waals surface area contributed by atoms with Gasteiger partial charge in [0.1, 0.15) is 5.69 Å². The highest BCUT2D eigenvalue weighted by molar-refractivity contribution is 5.54. The van der Waals surface area contributed by atoms with E-state index in [4.69, 9.17) is 0 Å². The molecular weight excluding hydrogens is 244 g/mol. The first-order valence-electron chi connectivity index (χ1n) is 6.45. The molecule has 6 nitrogen and oxygen atoms in total. The van der Waals surface area contributed by atoms with E-state index < -0.39 is 5.03 Å². The second-order valence-electron chi connectivity index (χ2n) is 5.18. The molecule has 0 spiro atoms. The van der Waals surface area contributed by atoms with Crippen molar-refractivity contribution >= 4 is 11.4 Å². The summed E-state index contributed by atoms with van der Waals surface area (Å²) in [6, 6.07) is 8.34. The number of piperazine rings is 1. The van der Waals surface area contributed by atoms with Crippen molar-refractivity contribution < 1.29 is 5.03 Å². The standard InChI is InChI=1S/C13H20N4O2/c1-10-8-16(9-11(2)15(10)3)13-6-4-12(5-7-13)14-17(18)19/h4-7,10-11,14H,8-9H2,1-3H3/t10-,11+. The third kappa shape index (κ3) is 3.14. The van der Waals surface area contributed by atoms with E-state index in [2.05, 4.69) is 36.1 Å². The fourth-order valence-electron chi connectivity index (χ4n) is 2.47. The number of nitrogens with one attached hydrogen (secondary N) is 1. The van der Waals surface area contributed by atoms with Gasteiger partial charge in [0.15, 0.2) is 5.03 Å². The van der Waals surface area contributed by atoms with Gasteiger partial charge in [0, 0.05) is 30.9 Å². The molecule has 104 valence electrons. The van der Waals surface area contributed by atoms with E-state index in [1.54, 1.807) is 12.1 Å². The summed E-state index contributed by atoms with van der Waals surface area (Å²) in [6.07, 6.45) is 0. The Morgan fingerprint density at radius 2 is 1.74 bits per heavy atom. The molecule has 1 aliphatic heterocycles. The highest BCUT2D eigenvalue weighted by atomic mass is 16.7. The van der Waals surface area contributed by atoms with Gasteiger partial charge in [-0.2, -0.15) is 0 Å². The zero-order valence-electron chi connectivity index (χ0n) is 11.5. The minimum atomic E-state index is -0.547. The predicted molar refractivity (Wildman–Crippen MR) is 76.0 cm³/mol. The summed E-state index contributed by atoms with van der Waals surface area (Å²) < 4.78 is 0. The number of hydrogen-bond donors (Lipinski definition) is 1. The number of nitrogens with zero attached hydrogens (tertiary/aromatic N) is 3. The van der Waals surface area contributed by atoms with E-state index in [0.29, 0.717) is 17.8 Å². The summed E-state index contributed by atoms with van der Waals surface area (Å²) in [5, 5.41) is 9.81. The molecule has 0 aliphatic carbocycles. The predicted octanol–water partition coefficient (Wildman–Crippen LogP) is 1.82. The normalized spacial score (nSPS) is 24.3. The van der Waals surface area contributed by atoms with Crippen molar-refractivity contribution in [1.29, 1.82) is 0 Å². The van der Waals surface area contributed by atoms with Gasteiger partial charge in [0.25, 0.3) is 0 Å². The number of nitro groups is 1. The van der Waals surface area contributed by atoms with E-state index in [-0.39, 0.29) is 0 Å². The molecule has 1 heterocycles. The highest BCUT2D eigenvalue weighted by Gasteiger charge is 2.26. The SMILES string of the molecule is C[C@@H]1CN(c2ccc(N[N+](=O)[O-])cc2)C[C@H](C)N1C. The van der Waals surface area contributed by atoms with E-state index in [1.165, 1.54) is 0 Å². The fraction of sp³-hybridized carbons (Fsp3) is 0.538. The molecule has 2 rings (SSSR count). The number of likely N-dealkylation sites (N-methyl/N-ethyl adjacent to an activating group) is 1. The summed E-state index contributed by atoms with van der Waals surface area (Å²) in [6.45, 7) is 6.38. The molecule has 1 aromatic carbocycles. The van der Waals surface area contributed by atoms with Gasteiger partial charge in [-0.05, 0) is 45.2 Å². The monoisotopic (exact) mass is 264 g/mol. The zero-order valence-corrected chi connectivity index (χ0v) is 11.5. The van der Waals surface area contributed by atoms with Crippen LogP contribution in [-0.2, 0) is 0 Å². The first-order chi connectivity index (χ1) is 8.97. The van der Waals surface area contributed by atoms with E-state index in [9.17, 15) is 10.1 Å². The highest BCUT2D eigenvalue weighted by Crippen LogP contribution is 2.23. The van der Waals surface area contributed by atoms with Crippen LogP contribution in [0.1, 0.15) is 13.8 Å². The number of rotatable bonds is 3. The first kappa shape index (κ1) is 13.6. The Labute approximate surface area is 113 Å². The van der Waals surface area contributed by atoms with Gasteiger partial charge in [-0.1, -0.05) is 0 Å². The minimum absolute atomic E-state index is 0.500. The first-order valence-corrected chi connectivity index (χ1v) is 6.45. The van der Waals surface area contributed by atoms with Crippen molar-refractivity contribution in [2.75, 3.05) is 30.5 Å². The van der Waals surface area contributed by atoms with Crippen molar-refractivity contribution in [3.05, 3.63) is 34.4 Å². The van der Waals surface area contributed by atoms with Crippen LogP contribution < -0.4 is 10.3 Å². The van der Waals surface area contributed by atoms with Gasteiger partial charge >= 0.3 is 0 Å². The molecule has 0 aromatic heterocycles. The summed E-state index contributed by atoms with van der Waals surface area (Å²) in [4.78, 5) is 15.1. The van der Waals surface area contributed by atoms with Crippen LogP contribution in [-0.4, -0.2) is 42.2 Å². The smallest absolute Gasteiger partial charge is 0.162 e. The Morgan fingerprint density at radius 1 is 1.21 bits per heavy atom. The molecular formula is C13H20N4O2. The zero-order chi connectivity index (χ0) is 14.0. The Balaban J connectivity index is 2.08. The third-order valence-electron chi connectivity index (χ3n) is 3.81. The van der Waals surface area contributed by atoms with Gasteiger partial charge in [-0.25, -0.2) is 10.1 Å². The molecule has 0 bridgehead atoms. The lowest BCUT2D eigenvalue weighted by atomic mass is 10.1. The van der Waals surface area contributed by atoms with E-state index in [1.807, 2.05) is 12.1 Å². The third-order valence-corrected chi connectivity index (χ3v) is 3.81. The maximum absolute atomic E-state index is 10.4. The summed E-state index contributed by atoms with van der Waals surface area (Å²) in [7, 11) is 2.15. The number of benzene rings is 1. The molecule has 1 aromatic rings. The number of hydrogen-bond acceptors (Lipinski definition) is 4. The van der Waals surface area contributed by atoms with Crippen LogP contribution in [0.25, 0.3) is 0 Å². The van der Waals surface area contributed by atoms with Crippen LogP contribution in [0.3, 0.4) is 0 Å². The Hall–Kier alpha value is -1.82. The second kappa shape index (κ2) is 5.44. The lowest BCUT2D eigenvalue weighted by Gasteiger charge is -2.43. The molecule has 0 amide bonds. The van der Waals surface area contributed by atoms with Crippen LogP contribution in [0, 0.1) is 10.1 Å². The van der Waals surface area contributed by atoms with Crippen molar-refractivity contribution in [3.8, 4) is 0 Å². The molecule has 0 radical (unpaired) electrons. The van der Waals surface area contributed by atoms with Crippen molar-refractivity contribution in [2.45, 2.75) is 25.9 Å². The van der Waals surface area contributed by atoms with E-state index in [0.717, 1.165) is 18.8 Å². The lowest BCUT2D eigenvalue weighted by Crippen LogP contribution is -2.55. The molecule has 1 fully saturated rings. The Kier molecular flexibility index (Phi) is 3.90. The van der Waals surface area contributed by atoms with Gasteiger partial charge in [0.05, 0.1) is 0 Å². The fourth-order valence-corrected chi connectivity index (χ4v) is 2.47. The number of anilines is 2. The molecule has 0 unspecified atom stereocenters. The van der Waals surface area contributed by atoms with Gasteiger partial charge in [-0.15, -0.1) is 5.43 Å². The quantitative estimate of drug-likeness (QED) is 0.666. The van der Waals surface area contributed by atoms with Crippen LogP contribution in [0.4, 0.5) is 11.4 Å². The molecule has 0 saturated carbocycles. The molecule has 1 saturated heterocycles. The largest absolute Gasteiger partial charge is 0.368 e. The van der Waals surface area contributed by atoms with Crippen molar-refractivity contribution in [1.82, 2.24) is 4.90 Å². The van der Waals surface area contributed by atoms with Gasteiger partial charge in [-0.3, -0.25) is 4.90 Å². The summed E-state index contributed by atoms with van der Waals surface area (Å²) in [5.41, 5.74) is 3.77. The molecule has 6 heteroatoms. The van der Waals surface area contributed by atoms with Crippen LogP contribution >= 0.6 is 0 Å². The van der Waals surface area contributed by atoms with Crippen molar-refractivity contribution in [3.63, 3.8) is 0 Å². The van der Waals surface area contributed by atoms with E-state index >= 15 is 0 Å². The summed E-state index contributed by atoms with van der Waals surface area (Å²) in [5.74, 6) is 0. The number of hydrazine groups is 1. The average molecular weight is 264 g/mol. The van der Waals surface area contributed by atoms with Crippen LogP contribution in [0.15, 0.2) is 24.3 Å². The molecule has 1 N–H and O–H groups in total. The van der Waals surface area contributed by atoms with Gasteiger partial charge in [0.2, 0.25) is 0 Å².